The molecule has 1 aliphatic rings. The molecule has 0 bridgehead atoms. The number of esters is 1. The van der Waals surface area contributed by atoms with Crippen molar-refractivity contribution in [2.75, 3.05) is 12.8 Å². The molecular formula is C15H15NO2S. The number of methoxy groups -OCH3 is 1. The molecule has 2 N–H and O–H groups in total. The lowest BCUT2D eigenvalue weighted by atomic mass is 10.1. The van der Waals surface area contributed by atoms with Crippen LogP contribution in [0.4, 0.5) is 5.69 Å². The van der Waals surface area contributed by atoms with Crippen molar-refractivity contribution in [3.8, 4) is 10.4 Å². The second-order valence-corrected chi connectivity index (χ2v) is 5.74. The lowest BCUT2D eigenvalue weighted by Crippen LogP contribution is -2.02. The van der Waals surface area contributed by atoms with Crippen LogP contribution < -0.4 is 5.73 Å². The minimum absolute atomic E-state index is 0.277. The highest BCUT2D eigenvalue weighted by Gasteiger charge is 2.34. The SMILES string of the molecule is COC(=O)c1sc(-c2ccccc2)c(N)c1C1CC1. The lowest BCUT2D eigenvalue weighted by molar-refractivity contribution is 0.0605. The van der Waals surface area contributed by atoms with Gasteiger partial charge in [0.1, 0.15) is 4.88 Å². The smallest absolute Gasteiger partial charge is 0.348 e. The Morgan fingerprint density at radius 2 is 2.00 bits per heavy atom. The molecule has 3 rings (SSSR count). The fourth-order valence-electron chi connectivity index (χ4n) is 2.28. The molecule has 19 heavy (non-hydrogen) atoms. The van der Waals surface area contributed by atoms with Gasteiger partial charge in [-0.2, -0.15) is 0 Å². The third kappa shape index (κ3) is 2.12. The molecule has 3 nitrogen and oxygen atoms in total. The third-order valence-corrected chi connectivity index (χ3v) is 4.63. The molecule has 1 fully saturated rings. The molecule has 0 spiro atoms. The molecule has 4 heteroatoms. The molecule has 0 saturated heterocycles. The summed E-state index contributed by atoms with van der Waals surface area (Å²) in [6.45, 7) is 0. The summed E-state index contributed by atoms with van der Waals surface area (Å²) in [6, 6.07) is 9.95. The summed E-state index contributed by atoms with van der Waals surface area (Å²) in [6.07, 6.45) is 2.22. The maximum atomic E-state index is 11.9. The summed E-state index contributed by atoms with van der Waals surface area (Å²) in [7, 11) is 1.41. The average Bonchev–Trinajstić information content (AvgIpc) is 3.22. The number of rotatable bonds is 3. The number of benzene rings is 1. The van der Waals surface area contributed by atoms with Crippen molar-refractivity contribution in [2.24, 2.45) is 0 Å². The topological polar surface area (TPSA) is 52.3 Å². The molecule has 1 saturated carbocycles. The van der Waals surface area contributed by atoms with Gasteiger partial charge in [-0.15, -0.1) is 11.3 Å². The minimum atomic E-state index is -0.277. The van der Waals surface area contributed by atoms with Crippen LogP contribution in [0.5, 0.6) is 0 Å². The van der Waals surface area contributed by atoms with Gasteiger partial charge in [-0.25, -0.2) is 4.79 Å². The quantitative estimate of drug-likeness (QED) is 0.868. The van der Waals surface area contributed by atoms with E-state index in [0.29, 0.717) is 10.8 Å². The molecule has 0 atom stereocenters. The van der Waals surface area contributed by atoms with Crippen molar-refractivity contribution in [1.82, 2.24) is 0 Å². The van der Waals surface area contributed by atoms with Crippen LogP contribution in [0.2, 0.25) is 0 Å². The molecule has 0 radical (unpaired) electrons. The highest BCUT2D eigenvalue weighted by Crippen LogP contribution is 2.50. The van der Waals surface area contributed by atoms with Gasteiger partial charge < -0.3 is 10.5 Å². The van der Waals surface area contributed by atoms with Crippen LogP contribution in [0.1, 0.15) is 34.0 Å². The predicted octanol–water partition coefficient (Wildman–Crippen LogP) is 3.66. The Morgan fingerprint density at radius 1 is 1.32 bits per heavy atom. The Morgan fingerprint density at radius 3 is 2.58 bits per heavy atom. The lowest BCUT2D eigenvalue weighted by Gasteiger charge is -2.02. The van der Waals surface area contributed by atoms with Gasteiger partial charge in [-0.05, 0) is 24.3 Å². The highest BCUT2D eigenvalue weighted by molar-refractivity contribution is 7.18. The summed E-state index contributed by atoms with van der Waals surface area (Å²) < 4.78 is 4.87. The number of thiophene rings is 1. The van der Waals surface area contributed by atoms with Crippen LogP contribution >= 0.6 is 11.3 Å². The molecule has 2 aromatic rings. The Bertz CT molecular complexity index is 615. The van der Waals surface area contributed by atoms with E-state index in [1.165, 1.54) is 18.4 Å². The molecule has 1 aromatic heterocycles. The molecule has 0 amide bonds. The van der Waals surface area contributed by atoms with E-state index in [1.54, 1.807) is 0 Å². The number of carbonyl (C=O) groups excluding carboxylic acids is 1. The number of hydrogen-bond acceptors (Lipinski definition) is 4. The number of ether oxygens (including phenoxy) is 1. The number of carbonyl (C=O) groups is 1. The average molecular weight is 273 g/mol. The first-order valence-electron chi connectivity index (χ1n) is 6.28. The molecule has 1 aliphatic carbocycles. The first-order valence-corrected chi connectivity index (χ1v) is 7.10. The maximum Gasteiger partial charge on any atom is 0.348 e. The third-order valence-electron chi connectivity index (χ3n) is 3.38. The molecule has 0 unspecified atom stereocenters. The number of nitrogen functional groups attached to an aromatic ring is 1. The van der Waals surface area contributed by atoms with Gasteiger partial charge in [0.15, 0.2) is 0 Å². The van der Waals surface area contributed by atoms with Gasteiger partial charge in [0.05, 0.1) is 17.7 Å². The Labute approximate surface area is 116 Å². The van der Waals surface area contributed by atoms with E-state index < -0.39 is 0 Å². The van der Waals surface area contributed by atoms with Gasteiger partial charge in [0.25, 0.3) is 0 Å². The van der Waals surface area contributed by atoms with Crippen molar-refractivity contribution in [3.63, 3.8) is 0 Å². The normalized spacial score (nSPS) is 14.4. The van der Waals surface area contributed by atoms with Crippen LogP contribution in [-0.4, -0.2) is 13.1 Å². The minimum Gasteiger partial charge on any atom is -0.465 e. The second-order valence-electron chi connectivity index (χ2n) is 4.72. The standard InChI is InChI=1S/C15H15NO2S/c1-18-15(17)14-11(9-7-8-9)12(16)13(19-14)10-5-3-2-4-6-10/h2-6,9H,7-8,16H2,1H3. The highest BCUT2D eigenvalue weighted by atomic mass is 32.1. The van der Waals surface area contributed by atoms with Crippen molar-refractivity contribution in [2.45, 2.75) is 18.8 Å². The molecular weight excluding hydrogens is 258 g/mol. The van der Waals surface area contributed by atoms with Crippen molar-refractivity contribution in [3.05, 3.63) is 40.8 Å². The Hall–Kier alpha value is -1.81. The van der Waals surface area contributed by atoms with Crippen molar-refractivity contribution >= 4 is 23.0 Å². The van der Waals surface area contributed by atoms with Crippen LogP contribution in [0.25, 0.3) is 10.4 Å². The fourth-order valence-corrected chi connectivity index (χ4v) is 3.51. The van der Waals surface area contributed by atoms with Gasteiger partial charge >= 0.3 is 5.97 Å². The molecule has 98 valence electrons. The largest absolute Gasteiger partial charge is 0.465 e. The summed E-state index contributed by atoms with van der Waals surface area (Å²) in [5.41, 5.74) is 9.07. The molecule has 0 aliphatic heterocycles. The van der Waals surface area contributed by atoms with Crippen molar-refractivity contribution in [1.29, 1.82) is 0 Å². The Kier molecular flexibility index (Phi) is 3.03. The van der Waals surface area contributed by atoms with E-state index in [0.717, 1.165) is 34.5 Å². The zero-order valence-electron chi connectivity index (χ0n) is 10.7. The fraction of sp³-hybridized carbons (Fsp3) is 0.267. The van der Waals surface area contributed by atoms with Gasteiger partial charge in [-0.1, -0.05) is 30.3 Å². The van der Waals surface area contributed by atoms with Gasteiger partial charge in [0, 0.05) is 5.56 Å². The van der Waals surface area contributed by atoms with Crippen LogP contribution in [0.3, 0.4) is 0 Å². The van der Waals surface area contributed by atoms with Crippen LogP contribution in [0, 0.1) is 0 Å². The predicted molar refractivity (Wildman–Crippen MR) is 77.5 cm³/mol. The van der Waals surface area contributed by atoms with E-state index in [2.05, 4.69) is 0 Å². The monoisotopic (exact) mass is 273 g/mol. The van der Waals surface area contributed by atoms with E-state index in [9.17, 15) is 4.79 Å². The molecule has 1 aromatic carbocycles. The summed E-state index contributed by atoms with van der Waals surface area (Å²) >= 11 is 1.44. The maximum absolute atomic E-state index is 11.9. The van der Waals surface area contributed by atoms with Crippen LogP contribution in [-0.2, 0) is 4.74 Å². The van der Waals surface area contributed by atoms with E-state index in [1.807, 2.05) is 30.3 Å². The number of anilines is 1. The Balaban J connectivity index is 2.14. The number of nitrogens with two attached hydrogens (primary N) is 1. The zero-order valence-corrected chi connectivity index (χ0v) is 11.5. The summed E-state index contributed by atoms with van der Waals surface area (Å²) in [5.74, 6) is 0.156. The second kappa shape index (κ2) is 4.70. The summed E-state index contributed by atoms with van der Waals surface area (Å²) in [5, 5.41) is 0. The first kappa shape index (κ1) is 12.2. The molecule has 1 heterocycles. The van der Waals surface area contributed by atoms with E-state index >= 15 is 0 Å². The van der Waals surface area contributed by atoms with E-state index in [4.69, 9.17) is 10.5 Å². The van der Waals surface area contributed by atoms with Crippen molar-refractivity contribution < 1.29 is 9.53 Å². The van der Waals surface area contributed by atoms with Gasteiger partial charge in [-0.3, -0.25) is 0 Å². The first-order chi connectivity index (χ1) is 9.22. The number of hydrogen-bond donors (Lipinski definition) is 1. The van der Waals surface area contributed by atoms with E-state index in [-0.39, 0.29) is 5.97 Å². The van der Waals surface area contributed by atoms with Crippen LogP contribution in [0.15, 0.2) is 30.3 Å². The zero-order chi connectivity index (χ0) is 13.4. The summed E-state index contributed by atoms with van der Waals surface area (Å²) in [4.78, 5) is 13.5. The van der Waals surface area contributed by atoms with Gasteiger partial charge in [0.2, 0.25) is 0 Å².